The first-order valence-corrected chi connectivity index (χ1v) is 4.81. The Morgan fingerprint density at radius 3 is 2.62 bits per heavy atom. The van der Waals surface area contributed by atoms with Crippen LogP contribution in [0.5, 0.6) is 5.75 Å². The van der Waals surface area contributed by atoms with Crippen molar-refractivity contribution < 1.29 is 18.3 Å². The molecule has 0 aliphatic heterocycles. The van der Waals surface area contributed by atoms with E-state index in [0.29, 0.717) is 18.4 Å². The van der Waals surface area contributed by atoms with E-state index in [-0.39, 0.29) is 5.75 Å². The molecule has 1 aliphatic carbocycles. The van der Waals surface area contributed by atoms with Gasteiger partial charge in [-0.05, 0) is 18.9 Å². The number of benzene rings is 1. The quantitative estimate of drug-likeness (QED) is 0.583. The topological polar surface area (TPSA) is 38.7 Å². The molecule has 3 nitrogen and oxygen atoms in total. The summed E-state index contributed by atoms with van der Waals surface area (Å²) in [4.78, 5) is 14.0. The molecule has 0 amide bonds. The smallest absolute Gasteiger partial charge is 0.387 e. The number of isocyanates is 1. The summed E-state index contributed by atoms with van der Waals surface area (Å²) < 4.78 is 28.7. The second-order valence-corrected chi connectivity index (χ2v) is 3.61. The van der Waals surface area contributed by atoms with E-state index in [0.717, 1.165) is 0 Å². The lowest BCUT2D eigenvalue weighted by molar-refractivity contribution is -0.0506. The van der Waals surface area contributed by atoms with Gasteiger partial charge < -0.3 is 4.74 Å². The molecule has 1 aromatic carbocycles. The zero-order valence-electron chi connectivity index (χ0n) is 8.32. The number of hydrogen-bond donors (Lipinski definition) is 0. The Labute approximate surface area is 90.8 Å². The number of alkyl halides is 2. The van der Waals surface area contributed by atoms with Crippen LogP contribution in [0.25, 0.3) is 0 Å². The third kappa shape index (κ3) is 1.95. The Morgan fingerprint density at radius 2 is 2.06 bits per heavy atom. The summed E-state index contributed by atoms with van der Waals surface area (Å²) in [5.74, 6) is 0.0778. The van der Waals surface area contributed by atoms with Gasteiger partial charge in [0, 0.05) is 5.56 Å². The minimum Gasteiger partial charge on any atom is -0.434 e. The SMILES string of the molecule is O=C=NC1(c2ccccc2OC(F)F)CC1. The molecule has 2 rings (SSSR count). The van der Waals surface area contributed by atoms with Gasteiger partial charge in [-0.3, -0.25) is 0 Å². The van der Waals surface area contributed by atoms with Crippen molar-refractivity contribution in [1.29, 1.82) is 0 Å². The van der Waals surface area contributed by atoms with Crippen molar-refractivity contribution in [3.05, 3.63) is 29.8 Å². The van der Waals surface area contributed by atoms with Crippen molar-refractivity contribution in [3.63, 3.8) is 0 Å². The maximum Gasteiger partial charge on any atom is 0.387 e. The molecule has 0 heterocycles. The highest BCUT2D eigenvalue weighted by Crippen LogP contribution is 2.52. The third-order valence-electron chi connectivity index (χ3n) is 2.59. The van der Waals surface area contributed by atoms with E-state index in [2.05, 4.69) is 9.73 Å². The molecule has 1 fully saturated rings. The van der Waals surface area contributed by atoms with Gasteiger partial charge in [0.25, 0.3) is 0 Å². The Balaban J connectivity index is 2.37. The van der Waals surface area contributed by atoms with Crippen LogP contribution < -0.4 is 4.74 Å². The van der Waals surface area contributed by atoms with Crippen molar-refractivity contribution in [1.82, 2.24) is 0 Å². The maximum atomic E-state index is 12.2. The monoisotopic (exact) mass is 225 g/mol. The molecule has 1 saturated carbocycles. The summed E-state index contributed by atoms with van der Waals surface area (Å²) in [5, 5.41) is 0. The normalized spacial score (nSPS) is 16.7. The molecule has 0 bridgehead atoms. The van der Waals surface area contributed by atoms with Gasteiger partial charge in [0.05, 0.1) is 0 Å². The molecule has 5 heteroatoms. The van der Waals surface area contributed by atoms with E-state index in [1.165, 1.54) is 12.1 Å². The lowest BCUT2D eigenvalue weighted by atomic mass is 10.0. The first kappa shape index (κ1) is 10.8. The zero-order valence-corrected chi connectivity index (χ0v) is 8.32. The van der Waals surface area contributed by atoms with Crippen LogP contribution in [0.15, 0.2) is 29.3 Å². The lowest BCUT2D eigenvalue weighted by Gasteiger charge is -2.14. The van der Waals surface area contributed by atoms with Crippen molar-refractivity contribution in [2.24, 2.45) is 4.99 Å². The van der Waals surface area contributed by atoms with Gasteiger partial charge in [-0.1, -0.05) is 18.2 Å². The van der Waals surface area contributed by atoms with Crippen LogP contribution in [0.1, 0.15) is 18.4 Å². The highest BCUT2D eigenvalue weighted by atomic mass is 19.3. The Hall–Kier alpha value is -1.74. The Morgan fingerprint density at radius 1 is 1.38 bits per heavy atom. The fraction of sp³-hybridized carbons (Fsp3) is 0.364. The van der Waals surface area contributed by atoms with Gasteiger partial charge >= 0.3 is 6.61 Å². The predicted molar refractivity (Wildman–Crippen MR) is 52.1 cm³/mol. The number of rotatable bonds is 4. The largest absolute Gasteiger partial charge is 0.434 e. The molecule has 0 unspecified atom stereocenters. The highest BCUT2D eigenvalue weighted by Gasteiger charge is 2.46. The maximum absolute atomic E-state index is 12.2. The summed E-state index contributed by atoms with van der Waals surface area (Å²) in [5.41, 5.74) is -0.161. The molecule has 0 saturated heterocycles. The number of hydrogen-bond acceptors (Lipinski definition) is 3. The summed E-state index contributed by atoms with van der Waals surface area (Å²) in [6, 6.07) is 6.39. The van der Waals surface area contributed by atoms with Crippen LogP contribution in [0, 0.1) is 0 Å². The predicted octanol–water partition coefficient (Wildman–Crippen LogP) is 2.61. The second-order valence-electron chi connectivity index (χ2n) is 3.61. The number of nitrogens with zero attached hydrogens (tertiary/aromatic N) is 1. The first-order chi connectivity index (χ1) is 7.68. The number of aliphatic imine (C=N–C) groups is 1. The zero-order chi connectivity index (χ0) is 11.6. The van der Waals surface area contributed by atoms with E-state index in [1.807, 2.05) is 0 Å². The second kappa shape index (κ2) is 4.02. The molecule has 16 heavy (non-hydrogen) atoms. The molecule has 1 aliphatic rings. The molecule has 1 aromatic rings. The molecule has 0 atom stereocenters. The van der Waals surface area contributed by atoms with Gasteiger partial charge in [0.15, 0.2) is 0 Å². The Bertz CT molecular complexity index is 437. The Kier molecular flexibility index (Phi) is 2.71. The van der Waals surface area contributed by atoms with Crippen molar-refractivity contribution in [3.8, 4) is 5.75 Å². The van der Waals surface area contributed by atoms with Crippen LogP contribution in [-0.2, 0) is 10.3 Å². The fourth-order valence-corrected chi connectivity index (χ4v) is 1.70. The van der Waals surface area contributed by atoms with E-state index in [1.54, 1.807) is 18.2 Å². The number of ether oxygens (including phenoxy) is 1. The number of carbonyl (C=O) groups excluding carboxylic acids is 1. The van der Waals surface area contributed by atoms with Crippen LogP contribution >= 0.6 is 0 Å². The van der Waals surface area contributed by atoms with Gasteiger partial charge in [-0.25, -0.2) is 4.79 Å². The van der Waals surface area contributed by atoms with Crippen molar-refractivity contribution >= 4 is 6.08 Å². The highest BCUT2D eigenvalue weighted by molar-refractivity contribution is 5.47. The minimum atomic E-state index is -2.88. The van der Waals surface area contributed by atoms with E-state index >= 15 is 0 Å². The fourth-order valence-electron chi connectivity index (χ4n) is 1.70. The third-order valence-corrected chi connectivity index (χ3v) is 2.59. The average Bonchev–Trinajstić information content (AvgIpc) is 2.99. The average molecular weight is 225 g/mol. The summed E-state index contributed by atoms with van der Waals surface area (Å²) in [7, 11) is 0. The van der Waals surface area contributed by atoms with Gasteiger partial charge in [0.2, 0.25) is 6.08 Å². The standard InChI is InChI=1S/C11H9F2NO2/c12-10(13)16-9-4-2-1-3-8(9)11(5-6-11)14-7-15/h1-4,10H,5-6H2. The summed E-state index contributed by atoms with van der Waals surface area (Å²) in [6.07, 6.45) is 2.80. The summed E-state index contributed by atoms with van der Waals surface area (Å²) >= 11 is 0. The molecule has 84 valence electrons. The van der Waals surface area contributed by atoms with E-state index < -0.39 is 12.2 Å². The van der Waals surface area contributed by atoms with Gasteiger partial charge in [-0.15, -0.1) is 0 Å². The van der Waals surface area contributed by atoms with Crippen LogP contribution in [0.3, 0.4) is 0 Å². The van der Waals surface area contributed by atoms with Crippen LogP contribution in [0.4, 0.5) is 8.78 Å². The summed E-state index contributed by atoms with van der Waals surface area (Å²) in [6.45, 7) is -2.88. The lowest BCUT2D eigenvalue weighted by Crippen LogP contribution is -2.09. The minimum absolute atomic E-state index is 0.0778. The van der Waals surface area contributed by atoms with Crippen LogP contribution in [0.2, 0.25) is 0 Å². The van der Waals surface area contributed by atoms with Crippen LogP contribution in [-0.4, -0.2) is 12.7 Å². The van der Waals surface area contributed by atoms with Gasteiger partial charge in [0.1, 0.15) is 11.3 Å². The van der Waals surface area contributed by atoms with Crippen molar-refractivity contribution in [2.45, 2.75) is 25.0 Å². The molecule has 0 radical (unpaired) electrons. The van der Waals surface area contributed by atoms with E-state index in [4.69, 9.17) is 0 Å². The molecular weight excluding hydrogens is 216 g/mol. The van der Waals surface area contributed by atoms with Gasteiger partial charge in [-0.2, -0.15) is 13.8 Å². The molecular formula is C11H9F2NO2. The molecule has 0 N–H and O–H groups in total. The molecule has 0 spiro atoms. The first-order valence-electron chi connectivity index (χ1n) is 4.81. The number of halogens is 2. The number of para-hydroxylation sites is 1. The van der Waals surface area contributed by atoms with Crippen molar-refractivity contribution in [2.75, 3.05) is 0 Å². The van der Waals surface area contributed by atoms with E-state index in [9.17, 15) is 13.6 Å². The molecule has 0 aromatic heterocycles.